The Bertz CT molecular complexity index is 1510. The molecule has 0 bridgehead atoms. The van der Waals surface area contributed by atoms with E-state index in [2.05, 4.69) is 9.71 Å². The number of hydrogen-bond acceptors (Lipinski definition) is 4. The van der Waals surface area contributed by atoms with Crippen LogP contribution >= 0.6 is 0 Å². The third kappa shape index (κ3) is 3.69. The Morgan fingerprint density at radius 3 is 2.53 bits per heavy atom. The van der Waals surface area contributed by atoms with E-state index in [4.69, 9.17) is 0 Å². The molecule has 0 saturated carbocycles. The zero-order valence-electron chi connectivity index (χ0n) is 17.7. The van der Waals surface area contributed by atoms with Crippen LogP contribution < -0.4 is 10.3 Å². The molecule has 0 radical (unpaired) electrons. The van der Waals surface area contributed by atoms with Crippen LogP contribution in [0.1, 0.15) is 29.8 Å². The van der Waals surface area contributed by atoms with Crippen LogP contribution in [0.4, 0.5) is 5.69 Å². The van der Waals surface area contributed by atoms with Crippen LogP contribution in [0.2, 0.25) is 0 Å². The van der Waals surface area contributed by atoms with E-state index < -0.39 is 10.0 Å². The van der Waals surface area contributed by atoms with E-state index in [9.17, 15) is 13.2 Å². The molecule has 7 heteroatoms. The Hall–Kier alpha value is -3.45. The predicted molar refractivity (Wildman–Crippen MR) is 126 cm³/mol. The van der Waals surface area contributed by atoms with E-state index in [1.165, 1.54) is 10.1 Å². The van der Waals surface area contributed by atoms with Crippen LogP contribution in [0, 0.1) is 6.92 Å². The van der Waals surface area contributed by atoms with Crippen molar-refractivity contribution in [2.45, 2.75) is 37.5 Å². The highest BCUT2D eigenvalue weighted by Gasteiger charge is 2.18. The third-order valence-electron chi connectivity index (χ3n) is 5.93. The number of rotatable bonds is 4. The van der Waals surface area contributed by atoms with E-state index in [-0.39, 0.29) is 10.5 Å². The summed E-state index contributed by atoms with van der Waals surface area (Å²) < 4.78 is 30.3. The van der Waals surface area contributed by atoms with Crippen molar-refractivity contribution in [2.24, 2.45) is 0 Å². The highest BCUT2D eigenvalue weighted by molar-refractivity contribution is 7.92. The van der Waals surface area contributed by atoms with Gasteiger partial charge in [-0.15, -0.1) is 0 Å². The number of benzene rings is 3. The first kappa shape index (κ1) is 20.5. The number of hydrogen-bond donors (Lipinski definition) is 1. The van der Waals surface area contributed by atoms with E-state index in [1.807, 2.05) is 12.1 Å². The van der Waals surface area contributed by atoms with Gasteiger partial charge < -0.3 is 0 Å². The molecule has 0 atom stereocenters. The maximum Gasteiger partial charge on any atom is 0.265 e. The van der Waals surface area contributed by atoms with Crippen molar-refractivity contribution in [1.82, 2.24) is 9.55 Å². The van der Waals surface area contributed by atoms with Gasteiger partial charge in [0.2, 0.25) is 0 Å². The molecule has 1 N–H and O–H groups in total. The maximum atomic E-state index is 13.1. The number of nitrogens with one attached hydrogen (secondary N) is 1. The van der Waals surface area contributed by atoms with Crippen LogP contribution in [0.5, 0.6) is 0 Å². The minimum atomic E-state index is -3.75. The van der Waals surface area contributed by atoms with Crippen molar-refractivity contribution in [3.8, 4) is 5.69 Å². The average Bonchev–Trinajstić information content (AvgIpc) is 2.79. The largest absolute Gasteiger partial charge is 0.280 e. The number of sulfonamides is 1. The first-order chi connectivity index (χ1) is 15.4. The molecule has 1 aliphatic rings. The summed E-state index contributed by atoms with van der Waals surface area (Å²) in [5.41, 5.74) is 3.72. The lowest BCUT2D eigenvalue weighted by atomic mass is 9.92. The fraction of sp³-hybridized carbons (Fsp3) is 0.200. The molecule has 0 aliphatic heterocycles. The Kier molecular flexibility index (Phi) is 5.06. The van der Waals surface area contributed by atoms with E-state index in [1.54, 1.807) is 61.5 Å². The van der Waals surface area contributed by atoms with Crippen molar-refractivity contribution in [3.05, 3.63) is 94.0 Å². The van der Waals surface area contributed by atoms with Gasteiger partial charge in [-0.05, 0) is 86.2 Å². The van der Waals surface area contributed by atoms with Gasteiger partial charge in [0, 0.05) is 0 Å². The van der Waals surface area contributed by atoms with Crippen LogP contribution in [-0.4, -0.2) is 18.0 Å². The van der Waals surface area contributed by atoms with Gasteiger partial charge in [0.1, 0.15) is 5.82 Å². The molecule has 1 aliphatic carbocycles. The molecule has 5 rings (SSSR count). The van der Waals surface area contributed by atoms with E-state index >= 15 is 0 Å². The van der Waals surface area contributed by atoms with E-state index in [0.717, 1.165) is 31.2 Å². The minimum Gasteiger partial charge on any atom is -0.280 e. The summed E-state index contributed by atoms with van der Waals surface area (Å²) in [6.07, 6.45) is 4.14. The molecule has 6 nitrogen and oxygen atoms in total. The molecular formula is C25H23N3O3S. The van der Waals surface area contributed by atoms with Crippen LogP contribution in [0.15, 0.2) is 76.4 Å². The second kappa shape index (κ2) is 7.91. The summed E-state index contributed by atoms with van der Waals surface area (Å²) in [5.74, 6) is 0.531. The Morgan fingerprint density at radius 1 is 0.906 bits per heavy atom. The van der Waals surface area contributed by atoms with Crippen LogP contribution in [-0.2, 0) is 22.9 Å². The number of aryl methyl sites for hydroxylation is 3. The molecule has 32 heavy (non-hydrogen) atoms. The Morgan fingerprint density at radius 2 is 1.69 bits per heavy atom. The van der Waals surface area contributed by atoms with Crippen LogP contribution in [0.25, 0.3) is 16.6 Å². The molecular weight excluding hydrogens is 422 g/mol. The lowest BCUT2D eigenvalue weighted by Crippen LogP contribution is -2.22. The molecule has 162 valence electrons. The van der Waals surface area contributed by atoms with Gasteiger partial charge in [-0.2, -0.15) is 0 Å². The minimum absolute atomic E-state index is 0.192. The lowest BCUT2D eigenvalue weighted by molar-refractivity contribution is 0.600. The second-order valence-electron chi connectivity index (χ2n) is 8.11. The first-order valence-electron chi connectivity index (χ1n) is 10.7. The van der Waals surface area contributed by atoms with Crippen molar-refractivity contribution in [1.29, 1.82) is 0 Å². The topological polar surface area (TPSA) is 81.1 Å². The third-order valence-corrected chi connectivity index (χ3v) is 7.31. The standard InChI is InChI=1S/C25H23N3O3S/c1-17-26-24-12-5-4-11-23(24)25(29)28(17)21-10-6-9-20(16-21)27-32(30,31)22-14-13-18-7-2-3-8-19(18)15-22/h4-6,9-16,27H,2-3,7-8H2,1H3. The Labute approximate surface area is 186 Å². The molecule has 4 aromatic rings. The number of aromatic nitrogens is 2. The van der Waals surface area contributed by atoms with Gasteiger partial charge in [0.25, 0.3) is 15.6 Å². The number of anilines is 1. The summed E-state index contributed by atoms with van der Waals surface area (Å²) in [6.45, 7) is 1.76. The van der Waals surface area contributed by atoms with Gasteiger partial charge in [0.15, 0.2) is 0 Å². The van der Waals surface area contributed by atoms with Gasteiger partial charge in [-0.25, -0.2) is 13.4 Å². The Balaban J connectivity index is 1.51. The molecule has 0 saturated heterocycles. The summed E-state index contributed by atoms with van der Waals surface area (Å²) in [5, 5.41) is 0.512. The molecule has 1 heterocycles. The first-order valence-corrected chi connectivity index (χ1v) is 12.1. The number of fused-ring (bicyclic) bond motifs is 2. The van der Waals surface area contributed by atoms with Crippen molar-refractivity contribution >= 4 is 26.6 Å². The summed E-state index contributed by atoms with van der Waals surface area (Å²) in [6, 6.07) is 19.4. The zero-order valence-corrected chi connectivity index (χ0v) is 18.5. The highest BCUT2D eigenvalue weighted by atomic mass is 32.2. The zero-order chi connectivity index (χ0) is 22.3. The van der Waals surface area contributed by atoms with Crippen molar-refractivity contribution < 1.29 is 8.42 Å². The van der Waals surface area contributed by atoms with Gasteiger partial charge in [0.05, 0.1) is 27.2 Å². The fourth-order valence-electron chi connectivity index (χ4n) is 4.35. The van der Waals surface area contributed by atoms with Gasteiger partial charge in [-0.1, -0.05) is 24.3 Å². The average molecular weight is 446 g/mol. The number of nitrogens with zero attached hydrogens (tertiary/aromatic N) is 2. The summed E-state index contributed by atoms with van der Waals surface area (Å²) >= 11 is 0. The molecule has 3 aromatic carbocycles. The highest BCUT2D eigenvalue weighted by Crippen LogP contribution is 2.26. The van der Waals surface area contributed by atoms with Crippen molar-refractivity contribution in [3.63, 3.8) is 0 Å². The van der Waals surface area contributed by atoms with Gasteiger partial charge in [-0.3, -0.25) is 14.1 Å². The summed E-state index contributed by atoms with van der Waals surface area (Å²) in [4.78, 5) is 17.9. The lowest BCUT2D eigenvalue weighted by Gasteiger charge is -2.17. The monoisotopic (exact) mass is 445 g/mol. The molecule has 0 amide bonds. The fourth-order valence-corrected chi connectivity index (χ4v) is 5.45. The number of para-hydroxylation sites is 1. The van der Waals surface area contributed by atoms with E-state index in [0.29, 0.717) is 28.1 Å². The maximum absolute atomic E-state index is 13.1. The molecule has 0 spiro atoms. The second-order valence-corrected chi connectivity index (χ2v) is 9.79. The summed E-state index contributed by atoms with van der Waals surface area (Å²) in [7, 11) is -3.75. The van der Waals surface area contributed by atoms with Crippen molar-refractivity contribution in [2.75, 3.05) is 4.72 Å². The molecule has 0 fully saturated rings. The molecule has 0 unspecified atom stereocenters. The van der Waals surface area contributed by atoms with Crippen LogP contribution in [0.3, 0.4) is 0 Å². The smallest absolute Gasteiger partial charge is 0.265 e. The predicted octanol–water partition coefficient (Wildman–Crippen LogP) is 4.37. The van der Waals surface area contributed by atoms with Gasteiger partial charge >= 0.3 is 0 Å². The normalized spacial score (nSPS) is 13.7. The molecule has 1 aromatic heterocycles. The quantitative estimate of drug-likeness (QED) is 0.506. The SMILES string of the molecule is Cc1nc2ccccc2c(=O)n1-c1cccc(NS(=O)(=O)c2ccc3c(c2)CCCC3)c1.